The quantitative estimate of drug-likeness (QED) is 0.346. The molecule has 4 N–H and O–H groups in total. The second kappa shape index (κ2) is 11.0. The van der Waals surface area contributed by atoms with Crippen molar-refractivity contribution in [3.05, 3.63) is 77.4 Å². The molecule has 3 heterocycles. The number of aliphatic imine (C=N–C) groups is 1. The van der Waals surface area contributed by atoms with Crippen LogP contribution in [0, 0.1) is 5.41 Å². The third kappa shape index (κ3) is 5.21. The molecule has 0 aliphatic carbocycles. The summed E-state index contributed by atoms with van der Waals surface area (Å²) in [4.78, 5) is 19.9. The lowest BCUT2D eigenvalue weighted by Crippen LogP contribution is -2.41. The number of benzene rings is 2. The molecule has 5 rings (SSSR count). The van der Waals surface area contributed by atoms with Crippen LogP contribution in [0.4, 0.5) is 11.7 Å². The molecule has 37 heavy (non-hydrogen) atoms. The standard InChI is InChI=1S/C26H28N8O3/c1-36-15-14-34-13-7-12-28-23(34)19(16-27)25-32-33-26(37-25)31-22-24(35)29-20-11-6-5-10-18(20)21(30-22)17-8-3-2-4-9-17/h2-6,8-11,16,22,27-28H,7,12-15H2,1H3,(H,29,35)(H,31,33)/b23-19-,27-16?. The van der Waals surface area contributed by atoms with Gasteiger partial charge in [-0.3, -0.25) is 4.79 Å². The van der Waals surface area contributed by atoms with Gasteiger partial charge in [0.05, 0.1) is 23.6 Å². The SMILES string of the molecule is COCCN1CCCN/C1=C(\C=N)c1nnc(NC2N=C(c3ccccc3)c3ccccc3NC2=O)o1. The molecule has 1 amide bonds. The van der Waals surface area contributed by atoms with Crippen LogP contribution < -0.4 is 16.0 Å². The lowest BCUT2D eigenvalue weighted by molar-refractivity contribution is -0.116. The second-order valence-corrected chi connectivity index (χ2v) is 8.50. The van der Waals surface area contributed by atoms with Gasteiger partial charge in [-0.25, -0.2) is 4.99 Å². The topological polar surface area (TPSA) is 141 Å². The largest absolute Gasteiger partial charge is 0.403 e. The minimum absolute atomic E-state index is 0.0245. The Bertz CT molecular complexity index is 1330. The van der Waals surface area contributed by atoms with Gasteiger partial charge in [0.15, 0.2) is 0 Å². The number of carbonyl (C=O) groups excluding carboxylic acids is 1. The van der Waals surface area contributed by atoms with E-state index in [1.807, 2.05) is 54.6 Å². The van der Waals surface area contributed by atoms with Crippen LogP contribution in [0.2, 0.25) is 0 Å². The molecule has 0 spiro atoms. The van der Waals surface area contributed by atoms with Crippen LogP contribution in [0.15, 0.2) is 69.8 Å². The Kier molecular flexibility index (Phi) is 7.22. The van der Waals surface area contributed by atoms with Crippen molar-refractivity contribution in [1.82, 2.24) is 20.4 Å². The van der Waals surface area contributed by atoms with E-state index in [1.165, 1.54) is 6.21 Å². The Hall–Kier alpha value is -4.51. The minimum atomic E-state index is -1.02. The van der Waals surface area contributed by atoms with Gasteiger partial charge in [0.1, 0.15) is 5.82 Å². The summed E-state index contributed by atoms with van der Waals surface area (Å²) in [5.41, 5.74) is 3.48. The highest BCUT2D eigenvalue weighted by atomic mass is 16.5. The molecule has 2 aromatic carbocycles. The molecule has 1 aromatic heterocycles. The Morgan fingerprint density at radius 1 is 1.22 bits per heavy atom. The van der Waals surface area contributed by atoms with Crippen LogP contribution in [-0.4, -0.2) is 72.4 Å². The first-order valence-corrected chi connectivity index (χ1v) is 12.0. The molecule has 0 bridgehead atoms. The third-order valence-electron chi connectivity index (χ3n) is 6.09. The van der Waals surface area contributed by atoms with E-state index in [0.717, 1.165) is 36.5 Å². The van der Waals surface area contributed by atoms with E-state index in [1.54, 1.807) is 7.11 Å². The smallest absolute Gasteiger partial charge is 0.317 e. The molecule has 2 aliphatic heterocycles. The van der Waals surface area contributed by atoms with E-state index < -0.39 is 6.17 Å². The molecule has 0 radical (unpaired) electrons. The predicted octanol–water partition coefficient (Wildman–Crippen LogP) is 2.56. The average Bonchev–Trinajstić information content (AvgIpc) is 3.34. The van der Waals surface area contributed by atoms with Crippen molar-refractivity contribution in [2.45, 2.75) is 12.6 Å². The van der Waals surface area contributed by atoms with Crippen LogP contribution in [0.1, 0.15) is 23.4 Å². The molecule has 0 saturated carbocycles. The zero-order valence-electron chi connectivity index (χ0n) is 20.4. The number of ether oxygens (including phenoxy) is 1. The van der Waals surface area contributed by atoms with Gasteiger partial charge in [0, 0.05) is 44.1 Å². The average molecular weight is 501 g/mol. The molecule has 1 atom stereocenters. The molecular weight excluding hydrogens is 472 g/mol. The Labute approximate surface area is 214 Å². The van der Waals surface area contributed by atoms with Gasteiger partial charge >= 0.3 is 6.01 Å². The van der Waals surface area contributed by atoms with E-state index in [-0.39, 0.29) is 17.8 Å². The number of benzodiazepines with no additional fused rings is 1. The number of hydrogen-bond donors (Lipinski definition) is 4. The van der Waals surface area contributed by atoms with Crippen molar-refractivity contribution >= 4 is 35.1 Å². The van der Waals surface area contributed by atoms with Crippen molar-refractivity contribution in [2.75, 3.05) is 44.0 Å². The van der Waals surface area contributed by atoms with Crippen LogP contribution in [-0.2, 0) is 9.53 Å². The lowest BCUT2D eigenvalue weighted by Gasteiger charge is -2.33. The molecule has 2 aliphatic rings. The third-order valence-corrected chi connectivity index (χ3v) is 6.09. The van der Waals surface area contributed by atoms with Gasteiger partial charge in [-0.15, -0.1) is 5.10 Å². The number of aromatic nitrogens is 2. The van der Waals surface area contributed by atoms with E-state index >= 15 is 0 Å². The van der Waals surface area contributed by atoms with Gasteiger partial charge in [-0.2, -0.15) is 0 Å². The number of methoxy groups -OCH3 is 1. The van der Waals surface area contributed by atoms with E-state index in [4.69, 9.17) is 19.6 Å². The molecule has 3 aromatic rings. The number of amides is 1. The summed E-state index contributed by atoms with van der Waals surface area (Å²) >= 11 is 0. The highest BCUT2D eigenvalue weighted by Gasteiger charge is 2.28. The van der Waals surface area contributed by atoms with Gasteiger partial charge in [-0.05, 0) is 12.5 Å². The number of allylic oxidation sites excluding steroid dienone is 1. The number of nitrogens with zero attached hydrogens (tertiary/aromatic N) is 4. The van der Waals surface area contributed by atoms with Crippen LogP contribution >= 0.6 is 0 Å². The summed E-state index contributed by atoms with van der Waals surface area (Å²) in [6.07, 6.45) is 1.14. The van der Waals surface area contributed by atoms with Crippen molar-refractivity contribution < 1.29 is 13.9 Å². The molecule has 190 valence electrons. The molecule has 11 heteroatoms. The van der Waals surface area contributed by atoms with Crippen LogP contribution in [0.5, 0.6) is 0 Å². The van der Waals surface area contributed by atoms with Crippen molar-refractivity contribution in [2.24, 2.45) is 4.99 Å². The number of fused-ring (bicyclic) bond motifs is 1. The van der Waals surface area contributed by atoms with E-state index in [9.17, 15) is 4.79 Å². The van der Waals surface area contributed by atoms with Crippen molar-refractivity contribution in [3.63, 3.8) is 0 Å². The van der Waals surface area contributed by atoms with E-state index in [2.05, 4.69) is 31.0 Å². The zero-order valence-corrected chi connectivity index (χ0v) is 20.4. The van der Waals surface area contributed by atoms with Crippen molar-refractivity contribution in [3.8, 4) is 0 Å². The number of carbonyl (C=O) groups is 1. The monoisotopic (exact) mass is 500 g/mol. The molecule has 1 saturated heterocycles. The maximum atomic E-state index is 13.1. The fourth-order valence-corrected chi connectivity index (χ4v) is 4.31. The number of anilines is 2. The maximum absolute atomic E-state index is 13.1. The summed E-state index contributed by atoms with van der Waals surface area (Å²) in [7, 11) is 1.65. The summed E-state index contributed by atoms with van der Waals surface area (Å²) in [5.74, 6) is 0.540. The molecule has 1 fully saturated rings. The van der Waals surface area contributed by atoms with Gasteiger partial charge in [0.2, 0.25) is 6.17 Å². The van der Waals surface area contributed by atoms with Gasteiger partial charge < -0.3 is 35.4 Å². The fourth-order valence-electron chi connectivity index (χ4n) is 4.31. The van der Waals surface area contributed by atoms with Gasteiger partial charge in [-0.1, -0.05) is 53.6 Å². The molecule has 11 nitrogen and oxygen atoms in total. The molecular formula is C26H28N8O3. The van der Waals surface area contributed by atoms with E-state index in [0.29, 0.717) is 30.1 Å². The Morgan fingerprint density at radius 2 is 2.03 bits per heavy atom. The second-order valence-electron chi connectivity index (χ2n) is 8.50. The summed E-state index contributed by atoms with van der Waals surface area (Å²) < 4.78 is 11.1. The fraction of sp³-hybridized carbons (Fsp3) is 0.269. The first kappa shape index (κ1) is 24.2. The number of hydrogen-bond acceptors (Lipinski definition) is 10. The minimum Gasteiger partial charge on any atom is -0.403 e. The summed E-state index contributed by atoms with van der Waals surface area (Å²) in [6.45, 7) is 2.81. The Balaban J connectivity index is 1.45. The molecule has 1 unspecified atom stereocenters. The van der Waals surface area contributed by atoms with Crippen molar-refractivity contribution in [1.29, 1.82) is 5.41 Å². The lowest BCUT2D eigenvalue weighted by atomic mass is 10.0. The number of para-hydroxylation sites is 1. The van der Waals surface area contributed by atoms with Gasteiger partial charge in [0.25, 0.3) is 11.8 Å². The predicted molar refractivity (Wildman–Crippen MR) is 141 cm³/mol. The number of nitrogens with one attached hydrogen (secondary N) is 4. The highest BCUT2D eigenvalue weighted by Crippen LogP contribution is 2.26. The normalized spacial score (nSPS) is 18.6. The summed E-state index contributed by atoms with van der Waals surface area (Å²) in [6, 6.07) is 17.2. The zero-order chi connectivity index (χ0) is 25.6. The summed E-state index contributed by atoms with van der Waals surface area (Å²) in [5, 5.41) is 25.5. The maximum Gasteiger partial charge on any atom is 0.317 e. The Morgan fingerprint density at radius 3 is 2.84 bits per heavy atom. The van der Waals surface area contributed by atoms with Crippen LogP contribution in [0.3, 0.4) is 0 Å². The van der Waals surface area contributed by atoms with Crippen LogP contribution in [0.25, 0.3) is 5.57 Å². The first-order chi connectivity index (χ1) is 18.2. The highest BCUT2D eigenvalue weighted by molar-refractivity contribution is 6.19. The first-order valence-electron chi connectivity index (χ1n) is 12.0. The number of rotatable bonds is 8.